The van der Waals surface area contributed by atoms with Crippen molar-refractivity contribution in [3.8, 4) is 0 Å². The van der Waals surface area contributed by atoms with E-state index in [2.05, 4.69) is 17.4 Å². The zero-order valence-electron chi connectivity index (χ0n) is 13.8. The standard InChI is InChI=1S/C19H22N2OS.ClH/c1-20-15-11-13-21(14-12-15)19(22)17-9-5-6-10-18(17)23-16-7-3-2-4-8-16;/h2-10,15,20H,11-14H2,1H3;1H. The third-order valence-corrected chi connectivity index (χ3v) is 5.36. The topological polar surface area (TPSA) is 32.3 Å². The lowest BCUT2D eigenvalue weighted by Gasteiger charge is -2.32. The van der Waals surface area contributed by atoms with Crippen LogP contribution in [-0.4, -0.2) is 37.0 Å². The summed E-state index contributed by atoms with van der Waals surface area (Å²) in [6.07, 6.45) is 2.05. The number of hydrogen-bond acceptors (Lipinski definition) is 3. The molecule has 0 bridgehead atoms. The van der Waals surface area contributed by atoms with E-state index in [9.17, 15) is 4.79 Å². The zero-order chi connectivity index (χ0) is 16.1. The second kappa shape index (κ2) is 9.11. The minimum atomic E-state index is 0. The number of amides is 1. The van der Waals surface area contributed by atoms with Crippen LogP contribution in [0.3, 0.4) is 0 Å². The minimum Gasteiger partial charge on any atom is -0.338 e. The predicted octanol–water partition coefficient (Wildman–Crippen LogP) is 4.08. The number of nitrogens with one attached hydrogen (secondary N) is 1. The zero-order valence-corrected chi connectivity index (χ0v) is 15.4. The summed E-state index contributed by atoms with van der Waals surface area (Å²) in [4.78, 5) is 17.1. The quantitative estimate of drug-likeness (QED) is 0.889. The number of nitrogens with zero attached hydrogens (tertiary/aromatic N) is 1. The first-order valence-corrected chi connectivity index (χ1v) is 8.88. The monoisotopic (exact) mass is 362 g/mol. The largest absolute Gasteiger partial charge is 0.338 e. The Hall–Kier alpha value is -1.49. The van der Waals surface area contributed by atoms with E-state index in [1.54, 1.807) is 11.8 Å². The van der Waals surface area contributed by atoms with E-state index in [4.69, 9.17) is 0 Å². The Labute approximate surface area is 154 Å². The first-order chi connectivity index (χ1) is 11.3. The van der Waals surface area contributed by atoms with Crippen molar-refractivity contribution in [3.05, 3.63) is 60.2 Å². The van der Waals surface area contributed by atoms with Crippen molar-refractivity contribution in [3.63, 3.8) is 0 Å². The Balaban J connectivity index is 0.00000208. The van der Waals surface area contributed by atoms with Crippen LogP contribution in [0.1, 0.15) is 23.2 Å². The lowest BCUT2D eigenvalue weighted by molar-refractivity contribution is 0.0704. The third kappa shape index (κ3) is 4.53. The van der Waals surface area contributed by atoms with Gasteiger partial charge in [-0.2, -0.15) is 0 Å². The SMILES string of the molecule is CNC1CCN(C(=O)c2ccccc2Sc2ccccc2)CC1.Cl. The summed E-state index contributed by atoms with van der Waals surface area (Å²) in [6, 6.07) is 18.7. The summed E-state index contributed by atoms with van der Waals surface area (Å²) in [5.74, 6) is 0.151. The van der Waals surface area contributed by atoms with Gasteiger partial charge in [0, 0.05) is 28.9 Å². The van der Waals surface area contributed by atoms with Crippen molar-refractivity contribution < 1.29 is 4.79 Å². The summed E-state index contributed by atoms with van der Waals surface area (Å²) in [5.41, 5.74) is 0.810. The lowest BCUT2D eigenvalue weighted by Crippen LogP contribution is -2.44. The fourth-order valence-electron chi connectivity index (χ4n) is 2.89. The Morgan fingerprint density at radius 1 is 1.04 bits per heavy atom. The summed E-state index contributed by atoms with van der Waals surface area (Å²) >= 11 is 1.65. The number of likely N-dealkylation sites (tertiary alicyclic amines) is 1. The molecule has 1 aliphatic rings. The van der Waals surface area contributed by atoms with E-state index in [0.29, 0.717) is 6.04 Å². The highest BCUT2D eigenvalue weighted by atomic mass is 35.5. The molecule has 1 N–H and O–H groups in total. The molecule has 0 atom stereocenters. The van der Waals surface area contributed by atoms with Gasteiger partial charge in [0.15, 0.2) is 0 Å². The van der Waals surface area contributed by atoms with Crippen LogP contribution in [0.25, 0.3) is 0 Å². The third-order valence-electron chi connectivity index (χ3n) is 4.28. The van der Waals surface area contributed by atoms with E-state index in [0.717, 1.165) is 41.3 Å². The maximum absolute atomic E-state index is 12.9. The molecule has 1 saturated heterocycles. The van der Waals surface area contributed by atoms with Crippen LogP contribution in [0.4, 0.5) is 0 Å². The van der Waals surface area contributed by atoms with Gasteiger partial charge in [-0.25, -0.2) is 0 Å². The lowest BCUT2D eigenvalue weighted by atomic mass is 10.0. The maximum atomic E-state index is 12.9. The number of hydrogen-bond donors (Lipinski definition) is 1. The van der Waals surface area contributed by atoms with Crippen molar-refractivity contribution in [1.29, 1.82) is 0 Å². The normalized spacial score (nSPS) is 15.0. The van der Waals surface area contributed by atoms with Crippen LogP contribution < -0.4 is 5.32 Å². The Bertz CT molecular complexity index is 657. The number of piperidine rings is 1. The molecule has 0 spiro atoms. The van der Waals surface area contributed by atoms with Crippen molar-refractivity contribution in [2.75, 3.05) is 20.1 Å². The average Bonchev–Trinajstić information content (AvgIpc) is 2.62. The summed E-state index contributed by atoms with van der Waals surface area (Å²) in [7, 11) is 1.99. The molecule has 5 heteroatoms. The second-order valence-electron chi connectivity index (χ2n) is 5.77. The van der Waals surface area contributed by atoms with E-state index in [1.807, 2.05) is 54.4 Å². The molecule has 1 fully saturated rings. The molecule has 0 unspecified atom stereocenters. The van der Waals surface area contributed by atoms with Crippen LogP contribution in [0.2, 0.25) is 0 Å². The van der Waals surface area contributed by atoms with Gasteiger partial charge in [-0.15, -0.1) is 12.4 Å². The summed E-state index contributed by atoms with van der Waals surface area (Å²) in [6.45, 7) is 1.66. The van der Waals surface area contributed by atoms with Gasteiger partial charge >= 0.3 is 0 Å². The van der Waals surface area contributed by atoms with Crippen molar-refractivity contribution in [2.24, 2.45) is 0 Å². The van der Waals surface area contributed by atoms with Gasteiger partial charge in [-0.05, 0) is 44.2 Å². The van der Waals surface area contributed by atoms with Crippen LogP contribution in [-0.2, 0) is 0 Å². The first-order valence-electron chi connectivity index (χ1n) is 8.06. The maximum Gasteiger partial charge on any atom is 0.255 e. The molecule has 1 aliphatic heterocycles. The molecule has 128 valence electrons. The number of rotatable bonds is 4. The van der Waals surface area contributed by atoms with Gasteiger partial charge in [0.25, 0.3) is 5.91 Å². The molecule has 0 radical (unpaired) electrons. The molecule has 0 aromatic heterocycles. The number of benzene rings is 2. The van der Waals surface area contributed by atoms with E-state index >= 15 is 0 Å². The van der Waals surface area contributed by atoms with E-state index in [1.165, 1.54) is 0 Å². The molecule has 0 aliphatic carbocycles. The van der Waals surface area contributed by atoms with Crippen molar-refractivity contribution in [2.45, 2.75) is 28.7 Å². The summed E-state index contributed by atoms with van der Waals surface area (Å²) in [5, 5.41) is 3.31. The fraction of sp³-hybridized carbons (Fsp3) is 0.316. The highest BCUT2D eigenvalue weighted by Crippen LogP contribution is 2.31. The molecule has 24 heavy (non-hydrogen) atoms. The highest BCUT2D eigenvalue weighted by Gasteiger charge is 2.24. The van der Waals surface area contributed by atoms with Crippen molar-refractivity contribution in [1.82, 2.24) is 10.2 Å². The smallest absolute Gasteiger partial charge is 0.255 e. The van der Waals surface area contributed by atoms with Crippen LogP contribution in [0.5, 0.6) is 0 Å². The van der Waals surface area contributed by atoms with Gasteiger partial charge in [-0.1, -0.05) is 42.1 Å². The molecule has 3 rings (SSSR count). The number of carbonyl (C=O) groups excluding carboxylic acids is 1. The molecular weight excluding hydrogens is 340 g/mol. The van der Waals surface area contributed by atoms with Crippen molar-refractivity contribution >= 4 is 30.1 Å². The molecule has 1 amide bonds. The number of carbonyl (C=O) groups is 1. The Kier molecular flexibility index (Phi) is 7.16. The van der Waals surface area contributed by atoms with E-state index in [-0.39, 0.29) is 18.3 Å². The first kappa shape index (κ1) is 18.8. The fourth-order valence-corrected chi connectivity index (χ4v) is 3.85. The molecule has 0 saturated carbocycles. The molecule has 1 heterocycles. The molecule has 3 nitrogen and oxygen atoms in total. The predicted molar refractivity (Wildman–Crippen MR) is 102 cm³/mol. The molecule has 2 aromatic rings. The van der Waals surface area contributed by atoms with Gasteiger partial charge < -0.3 is 10.2 Å². The van der Waals surface area contributed by atoms with Gasteiger partial charge in [0.05, 0.1) is 5.56 Å². The Morgan fingerprint density at radius 2 is 1.67 bits per heavy atom. The number of halogens is 1. The minimum absolute atomic E-state index is 0. The van der Waals surface area contributed by atoms with Gasteiger partial charge in [0.2, 0.25) is 0 Å². The molecular formula is C19H23ClN2OS. The van der Waals surface area contributed by atoms with E-state index < -0.39 is 0 Å². The molecule has 2 aromatic carbocycles. The average molecular weight is 363 g/mol. The van der Waals surface area contributed by atoms with Crippen LogP contribution >= 0.6 is 24.2 Å². The van der Waals surface area contributed by atoms with Crippen LogP contribution in [0, 0.1) is 0 Å². The van der Waals surface area contributed by atoms with Crippen LogP contribution in [0.15, 0.2) is 64.4 Å². The Morgan fingerprint density at radius 3 is 2.33 bits per heavy atom. The highest BCUT2D eigenvalue weighted by molar-refractivity contribution is 7.99. The van der Waals surface area contributed by atoms with Gasteiger partial charge in [-0.3, -0.25) is 4.79 Å². The summed E-state index contributed by atoms with van der Waals surface area (Å²) < 4.78 is 0. The van der Waals surface area contributed by atoms with Gasteiger partial charge in [0.1, 0.15) is 0 Å². The second-order valence-corrected chi connectivity index (χ2v) is 6.88.